The molecule has 0 aliphatic carbocycles. The van der Waals surface area contributed by atoms with Gasteiger partial charge in [0.1, 0.15) is 5.82 Å². The van der Waals surface area contributed by atoms with E-state index >= 15 is 0 Å². The molecule has 2 heterocycles. The lowest BCUT2D eigenvalue weighted by atomic mass is 10.3. The molecule has 0 bridgehead atoms. The van der Waals surface area contributed by atoms with Gasteiger partial charge in [0.25, 0.3) is 0 Å². The van der Waals surface area contributed by atoms with Crippen LogP contribution >= 0.6 is 15.9 Å². The number of rotatable bonds is 1. The maximum absolute atomic E-state index is 5.66. The first-order valence-electron chi connectivity index (χ1n) is 5.14. The van der Waals surface area contributed by atoms with E-state index < -0.39 is 0 Å². The molecule has 0 amide bonds. The minimum atomic E-state index is 0.693. The van der Waals surface area contributed by atoms with Gasteiger partial charge in [-0.15, -0.1) is 0 Å². The summed E-state index contributed by atoms with van der Waals surface area (Å²) in [6, 6.07) is 1.90. The topological polar surface area (TPSA) is 54.2 Å². The molecule has 0 atom stereocenters. The Bertz CT molecular complexity index is 334. The number of aromatic nitrogens is 1. The number of anilines is 2. The second-order valence-electron chi connectivity index (χ2n) is 3.66. The summed E-state index contributed by atoms with van der Waals surface area (Å²) in [5, 5.41) is 3.37. The minimum Gasteiger partial charge on any atom is -0.397 e. The fourth-order valence-electron chi connectivity index (χ4n) is 1.74. The Labute approximate surface area is 98.0 Å². The van der Waals surface area contributed by atoms with E-state index in [0.29, 0.717) is 5.69 Å². The maximum atomic E-state index is 5.66. The molecule has 0 unspecified atom stereocenters. The number of hydrogen-bond acceptors (Lipinski definition) is 4. The third-order valence-electron chi connectivity index (χ3n) is 2.48. The van der Waals surface area contributed by atoms with Gasteiger partial charge in [-0.25, -0.2) is 4.98 Å². The van der Waals surface area contributed by atoms with Crippen LogP contribution in [0.2, 0.25) is 0 Å². The lowest BCUT2D eigenvalue weighted by molar-refractivity contribution is 0.724. The highest BCUT2D eigenvalue weighted by Crippen LogP contribution is 2.25. The van der Waals surface area contributed by atoms with Crippen molar-refractivity contribution in [2.45, 2.75) is 6.42 Å². The van der Waals surface area contributed by atoms with E-state index in [1.54, 1.807) is 6.20 Å². The van der Waals surface area contributed by atoms with Crippen molar-refractivity contribution in [3.63, 3.8) is 0 Å². The lowest BCUT2D eigenvalue weighted by Crippen LogP contribution is -2.28. The van der Waals surface area contributed by atoms with Crippen LogP contribution in [0.1, 0.15) is 6.42 Å². The maximum Gasteiger partial charge on any atom is 0.143 e. The predicted octanol–water partition coefficient (Wildman–Crippen LogP) is 1.23. The van der Waals surface area contributed by atoms with Crippen LogP contribution in [0.15, 0.2) is 16.7 Å². The van der Waals surface area contributed by atoms with Gasteiger partial charge in [0.2, 0.25) is 0 Å². The van der Waals surface area contributed by atoms with E-state index in [1.165, 1.54) is 0 Å². The fourth-order valence-corrected chi connectivity index (χ4v) is 2.35. The van der Waals surface area contributed by atoms with Crippen LogP contribution in [-0.2, 0) is 0 Å². The SMILES string of the molecule is Nc1cnc(N2CCCNCC2)c(Br)c1. The first-order chi connectivity index (χ1) is 7.27. The first kappa shape index (κ1) is 10.7. The Hall–Kier alpha value is -0.810. The van der Waals surface area contributed by atoms with Crippen LogP contribution in [0.25, 0.3) is 0 Å². The van der Waals surface area contributed by atoms with Crippen LogP contribution < -0.4 is 16.0 Å². The average Bonchev–Trinajstić information content (AvgIpc) is 2.46. The first-order valence-corrected chi connectivity index (χ1v) is 5.93. The molecule has 1 fully saturated rings. The van der Waals surface area contributed by atoms with Crippen LogP contribution in [0.4, 0.5) is 11.5 Å². The molecule has 2 rings (SSSR count). The molecule has 0 radical (unpaired) electrons. The van der Waals surface area contributed by atoms with Crippen molar-refractivity contribution in [1.29, 1.82) is 0 Å². The van der Waals surface area contributed by atoms with Crippen molar-refractivity contribution >= 4 is 27.4 Å². The Kier molecular flexibility index (Phi) is 3.43. The van der Waals surface area contributed by atoms with Gasteiger partial charge in [-0.3, -0.25) is 0 Å². The number of halogens is 1. The van der Waals surface area contributed by atoms with Crippen LogP contribution in [0, 0.1) is 0 Å². The number of nitrogens with one attached hydrogen (secondary N) is 1. The molecule has 15 heavy (non-hydrogen) atoms. The predicted molar refractivity (Wildman–Crippen MR) is 66.0 cm³/mol. The van der Waals surface area contributed by atoms with E-state index in [4.69, 9.17) is 5.73 Å². The smallest absolute Gasteiger partial charge is 0.143 e. The van der Waals surface area contributed by atoms with Gasteiger partial charge in [0.05, 0.1) is 16.4 Å². The molecule has 82 valence electrons. The lowest BCUT2D eigenvalue weighted by Gasteiger charge is -2.22. The molecule has 0 aromatic carbocycles. The number of nitrogen functional groups attached to an aromatic ring is 1. The van der Waals surface area contributed by atoms with E-state index in [2.05, 4.69) is 31.1 Å². The quantitative estimate of drug-likeness (QED) is 0.806. The molecule has 0 spiro atoms. The normalized spacial score (nSPS) is 17.5. The Morgan fingerprint density at radius 3 is 3.07 bits per heavy atom. The van der Waals surface area contributed by atoms with Crippen molar-refractivity contribution in [3.8, 4) is 0 Å². The van der Waals surface area contributed by atoms with E-state index in [1.807, 2.05) is 6.07 Å². The summed E-state index contributed by atoms with van der Waals surface area (Å²) >= 11 is 3.50. The highest BCUT2D eigenvalue weighted by atomic mass is 79.9. The van der Waals surface area contributed by atoms with Crippen molar-refractivity contribution in [1.82, 2.24) is 10.3 Å². The van der Waals surface area contributed by atoms with Gasteiger partial charge in [-0.05, 0) is 35.0 Å². The second kappa shape index (κ2) is 4.81. The van der Waals surface area contributed by atoms with Gasteiger partial charge in [-0.1, -0.05) is 0 Å². The molecule has 0 saturated carbocycles. The van der Waals surface area contributed by atoms with Gasteiger partial charge in [0.15, 0.2) is 0 Å². The average molecular weight is 271 g/mol. The van der Waals surface area contributed by atoms with Crippen molar-refractivity contribution in [2.24, 2.45) is 0 Å². The highest BCUT2D eigenvalue weighted by Gasteiger charge is 2.13. The third-order valence-corrected chi connectivity index (χ3v) is 3.07. The summed E-state index contributed by atoms with van der Waals surface area (Å²) in [6.45, 7) is 4.14. The zero-order valence-corrected chi connectivity index (χ0v) is 10.1. The third kappa shape index (κ3) is 2.60. The summed E-state index contributed by atoms with van der Waals surface area (Å²) in [4.78, 5) is 6.65. The summed E-state index contributed by atoms with van der Waals surface area (Å²) in [6.07, 6.45) is 2.86. The molecular weight excluding hydrogens is 256 g/mol. The zero-order chi connectivity index (χ0) is 10.7. The van der Waals surface area contributed by atoms with Gasteiger partial charge >= 0.3 is 0 Å². The second-order valence-corrected chi connectivity index (χ2v) is 4.52. The van der Waals surface area contributed by atoms with E-state index in [0.717, 1.165) is 42.9 Å². The van der Waals surface area contributed by atoms with Gasteiger partial charge in [0, 0.05) is 19.6 Å². The monoisotopic (exact) mass is 270 g/mol. The van der Waals surface area contributed by atoms with Crippen molar-refractivity contribution in [2.75, 3.05) is 36.8 Å². The number of pyridine rings is 1. The van der Waals surface area contributed by atoms with Crippen LogP contribution in [-0.4, -0.2) is 31.2 Å². The molecular formula is C10H15BrN4. The standard InChI is InChI=1S/C10H15BrN4/c11-9-6-8(12)7-14-10(9)15-4-1-2-13-3-5-15/h6-7,13H,1-5,12H2. The van der Waals surface area contributed by atoms with Crippen molar-refractivity contribution in [3.05, 3.63) is 16.7 Å². The Morgan fingerprint density at radius 1 is 1.40 bits per heavy atom. The van der Waals surface area contributed by atoms with E-state index in [-0.39, 0.29) is 0 Å². The number of nitrogens with two attached hydrogens (primary N) is 1. The summed E-state index contributed by atoms with van der Waals surface area (Å²) in [7, 11) is 0. The Balaban J connectivity index is 2.19. The summed E-state index contributed by atoms with van der Waals surface area (Å²) in [5.41, 5.74) is 6.36. The van der Waals surface area contributed by atoms with Gasteiger partial charge in [-0.2, -0.15) is 0 Å². The molecule has 4 nitrogen and oxygen atoms in total. The molecule has 1 aromatic rings. The summed E-state index contributed by atoms with van der Waals surface area (Å²) in [5.74, 6) is 0.993. The van der Waals surface area contributed by atoms with E-state index in [9.17, 15) is 0 Å². The Morgan fingerprint density at radius 2 is 2.27 bits per heavy atom. The molecule has 1 aliphatic heterocycles. The zero-order valence-electron chi connectivity index (χ0n) is 8.54. The molecule has 5 heteroatoms. The van der Waals surface area contributed by atoms with Gasteiger partial charge < -0.3 is 16.0 Å². The molecule has 3 N–H and O–H groups in total. The molecule has 1 aromatic heterocycles. The molecule has 1 saturated heterocycles. The number of hydrogen-bond donors (Lipinski definition) is 2. The largest absolute Gasteiger partial charge is 0.397 e. The van der Waals surface area contributed by atoms with Crippen LogP contribution in [0.3, 0.4) is 0 Å². The molecule has 1 aliphatic rings. The number of nitrogens with zero attached hydrogens (tertiary/aromatic N) is 2. The van der Waals surface area contributed by atoms with Crippen molar-refractivity contribution < 1.29 is 0 Å². The van der Waals surface area contributed by atoms with Crippen LogP contribution in [0.5, 0.6) is 0 Å². The highest BCUT2D eigenvalue weighted by molar-refractivity contribution is 9.10. The summed E-state index contributed by atoms with van der Waals surface area (Å²) < 4.78 is 0.976. The minimum absolute atomic E-state index is 0.693. The fraction of sp³-hybridized carbons (Fsp3) is 0.500.